The van der Waals surface area contributed by atoms with Crippen molar-refractivity contribution in [2.45, 2.75) is 24.7 Å². The van der Waals surface area contributed by atoms with E-state index in [-0.39, 0.29) is 17.5 Å². The van der Waals surface area contributed by atoms with Gasteiger partial charge < -0.3 is 9.64 Å². The molecule has 0 bridgehead atoms. The zero-order valence-electron chi connectivity index (χ0n) is 16.1. The molecule has 5 nitrogen and oxygen atoms in total. The molecular weight excluding hydrogens is 377 g/mol. The maximum absolute atomic E-state index is 14.4. The highest BCUT2D eigenvalue weighted by Gasteiger charge is 2.17. The van der Waals surface area contributed by atoms with E-state index in [2.05, 4.69) is 15.4 Å². The molecule has 0 unspecified atom stereocenters. The van der Waals surface area contributed by atoms with Crippen LogP contribution in [0.5, 0.6) is 5.75 Å². The Bertz CT molecular complexity index is 849. The topological polar surface area (TPSA) is 53.9 Å². The molecule has 7 heteroatoms. The Hall–Kier alpha value is -2.54. The molecule has 28 heavy (non-hydrogen) atoms. The van der Waals surface area contributed by atoms with Crippen molar-refractivity contribution >= 4 is 29.6 Å². The predicted octanol–water partition coefficient (Wildman–Crippen LogP) is 3.99. The van der Waals surface area contributed by atoms with Crippen molar-refractivity contribution in [1.29, 1.82) is 0 Å². The zero-order chi connectivity index (χ0) is 19.9. The molecule has 2 aromatic rings. The largest absolute Gasteiger partial charge is 0.497 e. The first-order valence-electron chi connectivity index (χ1n) is 9.20. The third-order valence-corrected chi connectivity index (χ3v) is 5.62. The molecule has 148 valence electrons. The number of hydrogen-bond donors (Lipinski definition) is 1. The van der Waals surface area contributed by atoms with Gasteiger partial charge in [-0.1, -0.05) is 0 Å². The molecule has 1 aliphatic heterocycles. The fourth-order valence-electron chi connectivity index (χ4n) is 3.05. The van der Waals surface area contributed by atoms with E-state index in [9.17, 15) is 9.18 Å². The van der Waals surface area contributed by atoms with E-state index < -0.39 is 0 Å². The monoisotopic (exact) mass is 401 g/mol. The molecule has 0 radical (unpaired) electrons. The van der Waals surface area contributed by atoms with Gasteiger partial charge >= 0.3 is 0 Å². The van der Waals surface area contributed by atoms with Gasteiger partial charge in [0.25, 0.3) is 0 Å². The number of nitrogens with zero attached hydrogens (tertiary/aromatic N) is 2. The summed E-state index contributed by atoms with van der Waals surface area (Å²) in [6, 6.07) is 10.8. The quantitative estimate of drug-likeness (QED) is 0.433. The van der Waals surface area contributed by atoms with Gasteiger partial charge in [-0.25, -0.2) is 9.82 Å². The van der Waals surface area contributed by atoms with E-state index in [4.69, 9.17) is 4.74 Å². The van der Waals surface area contributed by atoms with Crippen LogP contribution in [-0.4, -0.2) is 38.1 Å². The number of thioether (sulfide) groups is 1. The minimum atomic E-state index is -0.254. The van der Waals surface area contributed by atoms with E-state index in [0.717, 1.165) is 42.1 Å². The summed E-state index contributed by atoms with van der Waals surface area (Å²) in [6.07, 6.45) is 3.69. The highest BCUT2D eigenvalue weighted by atomic mass is 32.2. The Balaban J connectivity index is 1.53. The van der Waals surface area contributed by atoms with Crippen LogP contribution in [0.2, 0.25) is 0 Å². The molecule has 0 atom stereocenters. The number of amides is 1. The molecule has 0 aromatic heterocycles. The number of carbonyl (C=O) groups excluding carboxylic acids is 1. The van der Waals surface area contributed by atoms with Crippen LogP contribution in [0.25, 0.3) is 0 Å². The number of methoxy groups -OCH3 is 1. The predicted molar refractivity (Wildman–Crippen MR) is 112 cm³/mol. The molecule has 1 aliphatic rings. The molecule has 2 aromatic carbocycles. The lowest BCUT2D eigenvalue weighted by Crippen LogP contribution is -2.20. The number of anilines is 1. The minimum Gasteiger partial charge on any atom is -0.497 e. The second-order valence-corrected chi connectivity index (χ2v) is 7.66. The van der Waals surface area contributed by atoms with Gasteiger partial charge in [0.15, 0.2) is 0 Å². The lowest BCUT2D eigenvalue weighted by Gasteiger charge is -2.19. The van der Waals surface area contributed by atoms with Crippen LogP contribution in [0.3, 0.4) is 0 Å². The Labute approximate surface area is 169 Å². The van der Waals surface area contributed by atoms with Crippen molar-refractivity contribution in [2.24, 2.45) is 5.10 Å². The molecule has 1 fully saturated rings. The molecule has 3 rings (SSSR count). The second-order valence-electron chi connectivity index (χ2n) is 6.61. The second kappa shape index (κ2) is 9.59. The van der Waals surface area contributed by atoms with E-state index in [1.54, 1.807) is 7.11 Å². The van der Waals surface area contributed by atoms with Gasteiger partial charge in [-0.05, 0) is 61.7 Å². The fourth-order valence-corrected chi connectivity index (χ4v) is 3.74. The Kier molecular flexibility index (Phi) is 6.92. The Morgan fingerprint density at radius 1 is 1.29 bits per heavy atom. The smallest absolute Gasteiger partial charge is 0.250 e. The number of ether oxygens (including phenoxy) is 1. The van der Waals surface area contributed by atoms with E-state index in [1.165, 1.54) is 24.0 Å². The van der Waals surface area contributed by atoms with E-state index >= 15 is 0 Å². The van der Waals surface area contributed by atoms with E-state index in [0.29, 0.717) is 11.3 Å². The molecule has 0 saturated carbocycles. The van der Waals surface area contributed by atoms with Gasteiger partial charge in [0.05, 0.1) is 24.8 Å². The molecule has 1 heterocycles. The molecule has 1 saturated heterocycles. The van der Waals surface area contributed by atoms with Gasteiger partial charge in [-0.2, -0.15) is 5.10 Å². The number of nitrogens with one attached hydrogen (secondary N) is 1. The third-order valence-electron chi connectivity index (χ3n) is 4.60. The lowest BCUT2D eigenvalue weighted by atomic mass is 10.1. The fraction of sp³-hybridized carbons (Fsp3) is 0.333. The van der Waals surface area contributed by atoms with Gasteiger partial charge in [0.2, 0.25) is 5.91 Å². The number of carbonyl (C=O) groups is 1. The van der Waals surface area contributed by atoms with Gasteiger partial charge in [-0.3, -0.25) is 4.79 Å². The first-order chi connectivity index (χ1) is 13.6. The summed E-state index contributed by atoms with van der Waals surface area (Å²) in [4.78, 5) is 15.0. The summed E-state index contributed by atoms with van der Waals surface area (Å²) in [5.74, 6) is 0.543. The van der Waals surface area contributed by atoms with Crippen molar-refractivity contribution in [3.05, 3.63) is 53.3 Å². The SMILES string of the molecule is COc1ccc(SCC(=O)NN=Cc2cc(F)c(N3CCCC3)cc2C)cc1. The standard InChI is InChI=1S/C21H24FN3O2S/c1-15-11-20(25-9-3-4-10-25)19(22)12-16(15)13-23-24-21(26)14-28-18-7-5-17(27-2)6-8-18/h5-8,11-13H,3-4,9-10,14H2,1-2H3,(H,24,26). The normalized spacial score (nSPS) is 13.9. The number of rotatable bonds is 7. The lowest BCUT2D eigenvalue weighted by molar-refractivity contribution is -0.118. The molecular formula is C21H24FN3O2S. The van der Waals surface area contributed by atoms with Crippen LogP contribution in [0.4, 0.5) is 10.1 Å². The average molecular weight is 402 g/mol. The van der Waals surface area contributed by atoms with Gasteiger partial charge in [0.1, 0.15) is 11.6 Å². The third kappa shape index (κ3) is 5.25. The first kappa shape index (κ1) is 20.2. The molecule has 0 spiro atoms. The highest BCUT2D eigenvalue weighted by Crippen LogP contribution is 2.26. The molecule has 1 N–H and O–H groups in total. The van der Waals surface area contributed by atoms with Crippen LogP contribution >= 0.6 is 11.8 Å². The van der Waals surface area contributed by atoms with Crippen molar-refractivity contribution in [3.8, 4) is 5.75 Å². The summed E-state index contributed by atoms with van der Waals surface area (Å²) >= 11 is 1.41. The number of hydrogen-bond acceptors (Lipinski definition) is 5. The summed E-state index contributed by atoms with van der Waals surface area (Å²) in [5.41, 5.74) is 4.72. The Morgan fingerprint density at radius 3 is 2.68 bits per heavy atom. The maximum atomic E-state index is 14.4. The number of hydrazone groups is 1. The summed E-state index contributed by atoms with van der Waals surface area (Å²) in [6.45, 7) is 3.71. The van der Waals surface area contributed by atoms with Gasteiger partial charge in [-0.15, -0.1) is 11.8 Å². The van der Waals surface area contributed by atoms with Crippen LogP contribution in [-0.2, 0) is 4.79 Å². The van der Waals surface area contributed by atoms with Crippen LogP contribution in [0.1, 0.15) is 24.0 Å². The van der Waals surface area contributed by atoms with Crippen molar-refractivity contribution in [1.82, 2.24) is 5.43 Å². The van der Waals surface area contributed by atoms with Crippen LogP contribution < -0.4 is 15.1 Å². The van der Waals surface area contributed by atoms with Crippen molar-refractivity contribution in [2.75, 3.05) is 30.9 Å². The Morgan fingerprint density at radius 2 is 2.00 bits per heavy atom. The van der Waals surface area contributed by atoms with Crippen molar-refractivity contribution in [3.63, 3.8) is 0 Å². The zero-order valence-corrected chi connectivity index (χ0v) is 16.9. The van der Waals surface area contributed by atoms with E-state index in [1.807, 2.05) is 37.3 Å². The minimum absolute atomic E-state index is 0.219. The van der Waals surface area contributed by atoms with Crippen LogP contribution in [0, 0.1) is 12.7 Å². The number of benzene rings is 2. The average Bonchev–Trinajstić information content (AvgIpc) is 3.23. The maximum Gasteiger partial charge on any atom is 0.250 e. The molecule has 1 amide bonds. The summed E-state index contributed by atoms with van der Waals surface area (Å²) < 4.78 is 19.5. The highest BCUT2D eigenvalue weighted by molar-refractivity contribution is 8.00. The van der Waals surface area contributed by atoms with Crippen molar-refractivity contribution < 1.29 is 13.9 Å². The van der Waals surface area contributed by atoms with Crippen LogP contribution in [0.15, 0.2) is 46.4 Å². The summed E-state index contributed by atoms with van der Waals surface area (Å²) in [5, 5.41) is 3.97. The molecule has 0 aliphatic carbocycles. The van der Waals surface area contributed by atoms with Gasteiger partial charge in [0, 0.05) is 23.5 Å². The first-order valence-corrected chi connectivity index (χ1v) is 10.2. The number of halogens is 1. The summed E-state index contributed by atoms with van der Waals surface area (Å²) in [7, 11) is 1.61. The number of aryl methyl sites for hydroxylation is 1.